The molecule has 3 aliphatic heterocycles. The lowest BCUT2D eigenvalue weighted by Gasteiger charge is -2.21. The molecule has 0 unspecified atom stereocenters. The van der Waals surface area contributed by atoms with Crippen molar-refractivity contribution in [2.75, 3.05) is 0 Å². The Labute approximate surface area is 480 Å². The van der Waals surface area contributed by atoms with Crippen molar-refractivity contribution in [1.82, 2.24) is 0 Å². The van der Waals surface area contributed by atoms with Gasteiger partial charge in [0.1, 0.15) is 17.2 Å². The van der Waals surface area contributed by atoms with E-state index in [1.165, 1.54) is 154 Å². The molecule has 83 heavy (non-hydrogen) atoms. The number of ether oxygens (including phenoxy) is 3. The summed E-state index contributed by atoms with van der Waals surface area (Å²) >= 11 is 0. The summed E-state index contributed by atoms with van der Waals surface area (Å²) in [6.07, 6.45) is 2.12. The molecule has 0 saturated heterocycles. The minimum absolute atomic E-state index is 0.0126. The molecular weight excluding hydrogens is 1010 g/mol. The van der Waals surface area contributed by atoms with Crippen LogP contribution < -0.4 is 27.9 Å². The van der Waals surface area contributed by atoms with Gasteiger partial charge in [0.25, 0.3) is 20.2 Å². The fraction of sp³-hybridized carbons (Fsp3) is 0.156. The Balaban J connectivity index is 0.0000000954. The van der Waals surface area contributed by atoms with Gasteiger partial charge in [0.15, 0.2) is 6.20 Å². The lowest BCUT2D eigenvalue weighted by molar-refractivity contribution is -0.717. The number of benzene rings is 11. The molecule has 20 rings (SSSR count). The van der Waals surface area contributed by atoms with E-state index in [2.05, 4.69) is 262 Å². The summed E-state index contributed by atoms with van der Waals surface area (Å²) < 4.78 is 26.2. The van der Waals surface area contributed by atoms with Crippen molar-refractivity contribution in [2.45, 2.75) is 78.0 Å². The van der Waals surface area contributed by atoms with E-state index < -0.39 is 0 Å². The third-order valence-electron chi connectivity index (χ3n) is 20.0. The lowest BCUT2D eigenvalue weighted by atomic mass is 9.81. The second-order valence-electron chi connectivity index (χ2n) is 25.3. The maximum atomic E-state index is 6.49. The van der Waals surface area contributed by atoms with E-state index in [0.717, 1.165) is 17.2 Å². The van der Waals surface area contributed by atoms with E-state index in [9.17, 15) is 0 Å². The van der Waals surface area contributed by atoms with Crippen molar-refractivity contribution in [3.63, 3.8) is 0 Å². The molecule has 0 spiro atoms. The zero-order valence-electron chi connectivity index (χ0n) is 47.3. The van der Waals surface area contributed by atoms with Gasteiger partial charge in [0, 0.05) is 78.1 Å². The molecule has 6 heteroatoms. The Morgan fingerprint density at radius 3 is 1.08 bits per heavy atom. The van der Waals surface area contributed by atoms with Crippen molar-refractivity contribution in [1.29, 1.82) is 0 Å². The third kappa shape index (κ3) is 6.15. The van der Waals surface area contributed by atoms with Gasteiger partial charge in [-0.3, -0.25) is 0 Å². The van der Waals surface area contributed by atoms with Crippen LogP contribution in [-0.4, -0.2) is 0 Å². The zero-order valence-corrected chi connectivity index (χ0v) is 47.3. The van der Waals surface area contributed by atoms with E-state index in [1.54, 1.807) is 0 Å². The lowest BCUT2D eigenvalue weighted by Crippen LogP contribution is -2.42. The van der Waals surface area contributed by atoms with Crippen molar-refractivity contribution >= 4 is 86.4 Å². The summed E-state index contributed by atoms with van der Waals surface area (Å²) in [5.74, 6) is 3.15. The van der Waals surface area contributed by atoms with Gasteiger partial charge in [-0.05, 0) is 132 Å². The average molecular weight is 1070 g/mol. The smallest absolute Gasteiger partial charge is 0.293 e. The van der Waals surface area contributed by atoms with Crippen LogP contribution in [0, 0.1) is 0 Å². The van der Waals surface area contributed by atoms with Crippen LogP contribution in [0.3, 0.4) is 0 Å². The summed E-state index contributed by atoms with van der Waals surface area (Å²) in [5, 5.41) is 17.8. The minimum atomic E-state index is -0.0654. The minimum Gasteiger partial charge on any atom is -0.434 e. The number of hydrogen-bond acceptors (Lipinski definition) is 3. The van der Waals surface area contributed by atoms with Crippen LogP contribution >= 0.6 is 0 Å². The predicted molar refractivity (Wildman–Crippen MR) is 335 cm³/mol. The van der Waals surface area contributed by atoms with Gasteiger partial charge in [-0.15, -0.1) is 0 Å². The molecule has 0 amide bonds. The quantitative estimate of drug-likeness (QED) is 0.112. The van der Waals surface area contributed by atoms with Gasteiger partial charge in [0.05, 0.1) is 16.7 Å². The van der Waals surface area contributed by atoms with E-state index in [-0.39, 0.29) is 16.2 Å². The first-order chi connectivity index (χ1) is 40.4. The maximum Gasteiger partial charge on any atom is 0.293 e. The number of rotatable bonds is 0. The number of pyridine rings is 3. The number of aromatic nitrogens is 3. The molecule has 3 aromatic heterocycles. The topological polar surface area (TPSA) is 39.3 Å². The summed E-state index contributed by atoms with van der Waals surface area (Å²) in [4.78, 5) is 0. The molecule has 0 bridgehead atoms. The van der Waals surface area contributed by atoms with Crippen molar-refractivity contribution in [3.8, 4) is 51.0 Å². The molecule has 0 saturated carbocycles. The molecule has 396 valence electrons. The van der Waals surface area contributed by atoms with Crippen LogP contribution in [0.1, 0.15) is 74.9 Å². The van der Waals surface area contributed by atoms with E-state index >= 15 is 0 Å². The molecule has 6 aliphatic rings. The Morgan fingerprint density at radius 1 is 0.289 bits per heavy atom. The number of hydrogen-bond donors (Lipinski definition) is 0. The van der Waals surface area contributed by atoms with Crippen LogP contribution in [0.15, 0.2) is 206 Å². The molecule has 0 N–H and O–H groups in total. The molecular formula is C77H58N3O3+3. The molecule has 0 fully saturated rings. The first-order valence-corrected chi connectivity index (χ1v) is 29.3. The van der Waals surface area contributed by atoms with E-state index in [4.69, 9.17) is 14.2 Å². The summed E-state index contributed by atoms with van der Waals surface area (Å²) in [5.41, 5.74) is 18.5. The van der Waals surface area contributed by atoms with Gasteiger partial charge in [0.2, 0.25) is 28.1 Å². The Bertz CT molecular complexity index is 5090. The first kappa shape index (κ1) is 47.0. The van der Waals surface area contributed by atoms with Crippen molar-refractivity contribution < 1.29 is 27.9 Å². The third-order valence-corrected chi connectivity index (χ3v) is 20.0. The van der Waals surface area contributed by atoms with Crippen LogP contribution in [0.5, 0.6) is 17.2 Å². The summed E-state index contributed by atoms with van der Waals surface area (Å²) in [6.45, 7) is 15.7. The fourth-order valence-corrected chi connectivity index (χ4v) is 15.7. The second-order valence-corrected chi connectivity index (χ2v) is 25.3. The molecule has 11 aromatic carbocycles. The van der Waals surface area contributed by atoms with Crippen LogP contribution in [0.25, 0.3) is 120 Å². The Morgan fingerprint density at radius 2 is 0.651 bits per heavy atom. The molecule has 3 aliphatic carbocycles. The normalized spacial score (nSPS) is 15.8. The predicted octanol–water partition coefficient (Wildman–Crippen LogP) is 17.1. The van der Waals surface area contributed by atoms with Crippen LogP contribution in [0.2, 0.25) is 0 Å². The Hall–Kier alpha value is -9.65. The van der Waals surface area contributed by atoms with Crippen molar-refractivity contribution in [3.05, 3.63) is 240 Å². The highest BCUT2D eigenvalue weighted by Crippen LogP contribution is 2.59. The number of fused-ring (bicyclic) bond motifs is 16. The van der Waals surface area contributed by atoms with Crippen LogP contribution in [0.4, 0.5) is 0 Å². The van der Waals surface area contributed by atoms with Crippen LogP contribution in [-0.2, 0) is 36.4 Å². The summed E-state index contributed by atoms with van der Waals surface area (Å²) in [7, 11) is 0. The maximum absolute atomic E-state index is 6.49. The standard InChI is InChI=1S/2C27H20NO.C23H18NO/c2*1-27(2)21-14-20-18-9-5-3-7-16(18)11-12-19(20)26-24(21)25-22(27)13-17-8-4-6-10-23(17)28(25)15-29-26;1-23(2)18-8-5-11-24-13-25-22-16-10-9-14-6-3-4-7-15(14)17(16)12-19(23)20(22)21(18)24/h2*3-14H,15H2,1-2H3;3-12H,13H2,1-2H3/q3*+1. The van der Waals surface area contributed by atoms with Crippen molar-refractivity contribution in [2.24, 2.45) is 0 Å². The Kier molecular flexibility index (Phi) is 9.23. The monoisotopic (exact) mass is 1070 g/mol. The van der Waals surface area contributed by atoms with Gasteiger partial charge in [-0.2, -0.15) is 13.7 Å². The highest BCUT2D eigenvalue weighted by Gasteiger charge is 2.50. The molecule has 0 atom stereocenters. The number of nitrogens with zero attached hydrogens (tertiary/aromatic N) is 3. The van der Waals surface area contributed by atoms with E-state index in [0.29, 0.717) is 20.2 Å². The molecule has 6 heterocycles. The highest BCUT2D eigenvalue weighted by molar-refractivity contribution is 6.15. The fourth-order valence-electron chi connectivity index (χ4n) is 15.7. The van der Waals surface area contributed by atoms with Gasteiger partial charge >= 0.3 is 0 Å². The zero-order chi connectivity index (χ0) is 55.4. The molecule has 6 nitrogen and oxygen atoms in total. The average Bonchev–Trinajstić information content (AvgIpc) is 1.75. The van der Waals surface area contributed by atoms with Gasteiger partial charge in [-0.1, -0.05) is 157 Å². The van der Waals surface area contributed by atoms with E-state index in [1.807, 2.05) is 0 Å². The van der Waals surface area contributed by atoms with Gasteiger partial charge < -0.3 is 14.2 Å². The summed E-state index contributed by atoms with van der Waals surface area (Å²) in [6, 6.07) is 72.9. The largest absolute Gasteiger partial charge is 0.434 e. The SMILES string of the molecule is CC1(C)c2cc3c(ccc4ccccc43)c3c2-c2c1cc1ccccc1[n+]2CO3.CC1(C)c2cc3c(ccc4ccccc43)c3c2-c2c1cc1ccccc1[n+]2CO3.CC1(C)c2cc3c(ccc4ccccc43)c3c2-c2c1ccc[n+]2CO3. The molecule has 0 radical (unpaired) electrons. The highest BCUT2D eigenvalue weighted by atomic mass is 16.5. The first-order valence-electron chi connectivity index (χ1n) is 29.3. The second kappa shape index (κ2) is 16.3. The van der Waals surface area contributed by atoms with Gasteiger partial charge in [-0.25, -0.2) is 0 Å². The molecule has 14 aromatic rings. The number of para-hydroxylation sites is 2.